The maximum atomic E-state index is 13.8. The highest BCUT2D eigenvalue weighted by Gasteiger charge is 2.17. The largest absolute Gasteiger partial charge is 0.344 e. The average molecular weight is 246 g/mol. The molecule has 1 heterocycles. The molecule has 2 nitrogen and oxygen atoms in total. The molecule has 0 aliphatic heterocycles. The summed E-state index contributed by atoms with van der Waals surface area (Å²) in [6, 6.07) is 7.96. The third kappa shape index (κ3) is 1.93. The third-order valence-corrected chi connectivity index (χ3v) is 3.97. The molecule has 1 aliphatic carbocycles. The molecule has 1 fully saturated rings. The normalized spacial score (nSPS) is 16.1. The highest BCUT2D eigenvalue weighted by molar-refractivity contribution is 5.82. The first-order chi connectivity index (χ1) is 8.79. The van der Waals surface area contributed by atoms with Gasteiger partial charge in [0.2, 0.25) is 0 Å². The molecule has 1 N–H and O–H groups in total. The summed E-state index contributed by atoms with van der Waals surface area (Å²) in [5, 5.41) is 4.29. The van der Waals surface area contributed by atoms with E-state index in [9.17, 15) is 4.39 Å². The van der Waals surface area contributed by atoms with E-state index in [0.29, 0.717) is 6.04 Å². The Labute approximate surface area is 107 Å². The van der Waals surface area contributed by atoms with E-state index in [0.717, 1.165) is 24.0 Å². The fourth-order valence-corrected chi connectivity index (χ4v) is 2.68. The van der Waals surface area contributed by atoms with Crippen LogP contribution in [0.3, 0.4) is 0 Å². The van der Waals surface area contributed by atoms with Crippen molar-refractivity contribution in [2.45, 2.75) is 45.3 Å². The molecule has 0 atom stereocenters. The number of rotatable bonds is 4. The van der Waals surface area contributed by atoms with Gasteiger partial charge in [0.25, 0.3) is 0 Å². The van der Waals surface area contributed by atoms with E-state index in [-0.39, 0.29) is 5.82 Å². The maximum absolute atomic E-state index is 13.8. The minimum absolute atomic E-state index is 0.121. The topological polar surface area (TPSA) is 17.0 Å². The van der Waals surface area contributed by atoms with Crippen molar-refractivity contribution in [2.75, 3.05) is 0 Å². The SMILES string of the molecule is CCn1c(CNC2CCC2)cc2c(F)cccc21. The van der Waals surface area contributed by atoms with Crippen LogP contribution in [0.15, 0.2) is 24.3 Å². The molecule has 1 saturated carbocycles. The predicted octanol–water partition coefficient (Wildman–Crippen LogP) is 3.44. The zero-order valence-electron chi connectivity index (χ0n) is 10.7. The van der Waals surface area contributed by atoms with Crippen molar-refractivity contribution in [1.82, 2.24) is 9.88 Å². The van der Waals surface area contributed by atoms with Crippen LogP contribution < -0.4 is 5.32 Å². The van der Waals surface area contributed by atoms with E-state index in [1.54, 1.807) is 6.07 Å². The molecule has 0 amide bonds. The van der Waals surface area contributed by atoms with E-state index < -0.39 is 0 Å². The van der Waals surface area contributed by atoms with Crippen LogP contribution in [0.5, 0.6) is 0 Å². The smallest absolute Gasteiger partial charge is 0.132 e. The number of aromatic nitrogens is 1. The molecule has 1 aromatic heterocycles. The van der Waals surface area contributed by atoms with Gasteiger partial charge in [-0.2, -0.15) is 0 Å². The van der Waals surface area contributed by atoms with E-state index in [1.807, 2.05) is 12.1 Å². The summed E-state index contributed by atoms with van der Waals surface area (Å²) in [5.74, 6) is -0.121. The molecule has 0 spiro atoms. The fraction of sp³-hybridized carbons (Fsp3) is 0.467. The van der Waals surface area contributed by atoms with Crippen molar-refractivity contribution in [3.8, 4) is 0 Å². The summed E-state index contributed by atoms with van der Waals surface area (Å²) < 4.78 is 16.0. The van der Waals surface area contributed by atoms with Crippen LogP contribution in [0.25, 0.3) is 10.9 Å². The number of hydrogen-bond acceptors (Lipinski definition) is 1. The van der Waals surface area contributed by atoms with Gasteiger partial charge in [0, 0.05) is 30.2 Å². The lowest BCUT2D eigenvalue weighted by molar-refractivity contribution is 0.335. The van der Waals surface area contributed by atoms with E-state index in [2.05, 4.69) is 16.8 Å². The van der Waals surface area contributed by atoms with Gasteiger partial charge < -0.3 is 9.88 Å². The van der Waals surface area contributed by atoms with Gasteiger partial charge in [-0.25, -0.2) is 4.39 Å². The Morgan fingerprint density at radius 3 is 2.89 bits per heavy atom. The van der Waals surface area contributed by atoms with Crippen LogP contribution in [-0.2, 0) is 13.1 Å². The van der Waals surface area contributed by atoms with Gasteiger partial charge in [-0.05, 0) is 38.0 Å². The van der Waals surface area contributed by atoms with Crippen LogP contribution in [0.2, 0.25) is 0 Å². The van der Waals surface area contributed by atoms with Crippen molar-refractivity contribution >= 4 is 10.9 Å². The first-order valence-electron chi connectivity index (χ1n) is 6.79. The molecule has 18 heavy (non-hydrogen) atoms. The van der Waals surface area contributed by atoms with E-state index in [4.69, 9.17) is 0 Å². The Hall–Kier alpha value is -1.35. The second-order valence-corrected chi connectivity index (χ2v) is 5.06. The van der Waals surface area contributed by atoms with Gasteiger partial charge in [-0.3, -0.25) is 0 Å². The molecule has 0 bridgehead atoms. The summed E-state index contributed by atoms with van der Waals surface area (Å²) in [5.41, 5.74) is 2.19. The van der Waals surface area contributed by atoms with Crippen molar-refractivity contribution in [3.63, 3.8) is 0 Å². The lowest BCUT2D eigenvalue weighted by Crippen LogP contribution is -2.35. The summed E-state index contributed by atoms with van der Waals surface area (Å²) >= 11 is 0. The number of benzene rings is 1. The molecular weight excluding hydrogens is 227 g/mol. The standard InChI is InChI=1S/C15H19FN2/c1-2-18-12(10-17-11-5-3-6-11)9-13-14(16)7-4-8-15(13)18/h4,7-9,11,17H,2-3,5-6,10H2,1H3. The van der Waals surface area contributed by atoms with Crippen LogP contribution in [0.1, 0.15) is 31.9 Å². The molecule has 2 aromatic rings. The van der Waals surface area contributed by atoms with Gasteiger partial charge in [0.05, 0.1) is 5.52 Å². The van der Waals surface area contributed by atoms with E-state index >= 15 is 0 Å². The molecular formula is C15H19FN2. The molecule has 3 heteroatoms. The number of fused-ring (bicyclic) bond motifs is 1. The van der Waals surface area contributed by atoms with Crippen LogP contribution in [-0.4, -0.2) is 10.6 Å². The summed E-state index contributed by atoms with van der Waals surface area (Å²) in [7, 11) is 0. The van der Waals surface area contributed by atoms with Gasteiger partial charge in [0.15, 0.2) is 0 Å². The second-order valence-electron chi connectivity index (χ2n) is 5.06. The van der Waals surface area contributed by atoms with Crippen LogP contribution in [0.4, 0.5) is 4.39 Å². The molecule has 96 valence electrons. The molecule has 0 saturated heterocycles. The fourth-order valence-electron chi connectivity index (χ4n) is 2.68. The Morgan fingerprint density at radius 1 is 1.39 bits per heavy atom. The third-order valence-electron chi connectivity index (χ3n) is 3.97. The number of hydrogen-bond donors (Lipinski definition) is 1. The molecule has 0 unspecified atom stereocenters. The summed E-state index contributed by atoms with van der Waals surface area (Å²) in [4.78, 5) is 0. The van der Waals surface area contributed by atoms with Gasteiger partial charge in [-0.1, -0.05) is 12.5 Å². The highest BCUT2D eigenvalue weighted by Crippen LogP contribution is 2.24. The Balaban J connectivity index is 1.92. The molecule has 1 aromatic carbocycles. The van der Waals surface area contributed by atoms with Crippen molar-refractivity contribution in [3.05, 3.63) is 35.8 Å². The Kier molecular flexibility index (Phi) is 3.08. The molecule has 3 rings (SSSR count). The first-order valence-corrected chi connectivity index (χ1v) is 6.79. The van der Waals surface area contributed by atoms with Gasteiger partial charge in [-0.15, -0.1) is 0 Å². The lowest BCUT2D eigenvalue weighted by Gasteiger charge is -2.26. The number of aryl methyl sites for hydroxylation is 1. The summed E-state index contributed by atoms with van der Waals surface area (Å²) in [6.07, 6.45) is 3.89. The minimum Gasteiger partial charge on any atom is -0.344 e. The Morgan fingerprint density at radius 2 is 2.22 bits per heavy atom. The predicted molar refractivity (Wildman–Crippen MR) is 72.0 cm³/mol. The van der Waals surface area contributed by atoms with Crippen molar-refractivity contribution in [1.29, 1.82) is 0 Å². The monoisotopic (exact) mass is 246 g/mol. The van der Waals surface area contributed by atoms with Crippen molar-refractivity contribution < 1.29 is 4.39 Å². The maximum Gasteiger partial charge on any atom is 0.132 e. The number of nitrogens with zero attached hydrogens (tertiary/aromatic N) is 1. The Bertz CT molecular complexity index is 555. The van der Waals surface area contributed by atoms with Crippen LogP contribution >= 0.6 is 0 Å². The van der Waals surface area contributed by atoms with Gasteiger partial charge in [0.1, 0.15) is 5.82 Å². The van der Waals surface area contributed by atoms with Crippen LogP contribution in [0, 0.1) is 5.82 Å². The number of nitrogens with one attached hydrogen (secondary N) is 1. The average Bonchev–Trinajstić information content (AvgIpc) is 2.66. The molecule has 0 radical (unpaired) electrons. The quantitative estimate of drug-likeness (QED) is 0.874. The molecule has 1 aliphatic rings. The zero-order chi connectivity index (χ0) is 12.5. The highest BCUT2D eigenvalue weighted by atomic mass is 19.1. The van der Waals surface area contributed by atoms with E-state index in [1.165, 1.54) is 31.0 Å². The van der Waals surface area contributed by atoms with Gasteiger partial charge >= 0.3 is 0 Å². The second kappa shape index (κ2) is 4.73. The first kappa shape index (κ1) is 11.7. The minimum atomic E-state index is -0.121. The summed E-state index contributed by atoms with van der Waals surface area (Å²) in [6.45, 7) is 3.83. The van der Waals surface area contributed by atoms with Crippen molar-refractivity contribution in [2.24, 2.45) is 0 Å². The number of halogens is 1. The zero-order valence-corrected chi connectivity index (χ0v) is 10.7. The lowest BCUT2D eigenvalue weighted by atomic mass is 9.93.